The van der Waals surface area contributed by atoms with Gasteiger partial charge in [0.05, 0.1) is 12.1 Å². The number of carbonyl (C=O) groups excluding carboxylic acids is 1. The Hall–Kier alpha value is -0.840. The third kappa shape index (κ3) is 3.08. The SMILES string of the molecule is C[C@@H](c1cc(F)cc(Cl)c1CCl)N1C[C@@H](O)CCC1=O. The molecular weight excluding hydrogens is 304 g/mol. The smallest absolute Gasteiger partial charge is 0.223 e. The van der Waals surface area contributed by atoms with Gasteiger partial charge in [0.2, 0.25) is 5.91 Å². The van der Waals surface area contributed by atoms with Gasteiger partial charge in [-0.2, -0.15) is 0 Å². The van der Waals surface area contributed by atoms with Gasteiger partial charge in [0.15, 0.2) is 0 Å². The largest absolute Gasteiger partial charge is 0.391 e. The van der Waals surface area contributed by atoms with Crippen LogP contribution in [0.3, 0.4) is 0 Å². The Bertz CT molecular complexity index is 524. The van der Waals surface area contributed by atoms with E-state index in [0.717, 1.165) is 0 Å². The summed E-state index contributed by atoms with van der Waals surface area (Å²) < 4.78 is 13.6. The number of aliphatic hydroxyl groups excluding tert-OH is 1. The summed E-state index contributed by atoms with van der Waals surface area (Å²) in [6.07, 6.45) is 0.220. The van der Waals surface area contributed by atoms with Gasteiger partial charge in [-0.15, -0.1) is 11.6 Å². The van der Waals surface area contributed by atoms with E-state index in [1.165, 1.54) is 12.1 Å². The second kappa shape index (κ2) is 6.29. The van der Waals surface area contributed by atoms with Crippen LogP contribution in [0.1, 0.15) is 36.9 Å². The Morgan fingerprint density at radius 2 is 2.25 bits per heavy atom. The van der Waals surface area contributed by atoms with Crippen molar-refractivity contribution in [3.8, 4) is 0 Å². The minimum absolute atomic E-state index is 0.0521. The molecule has 0 unspecified atom stereocenters. The molecule has 3 nitrogen and oxygen atoms in total. The van der Waals surface area contributed by atoms with E-state index in [2.05, 4.69) is 0 Å². The van der Waals surface area contributed by atoms with Crippen molar-refractivity contribution in [3.05, 3.63) is 34.1 Å². The fourth-order valence-electron chi connectivity index (χ4n) is 2.53. The number of carbonyl (C=O) groups is 1. The summed E-state index contributed by atoms with van der Waals surface area (Å²) in [7, 11) is 0. The molecule has 20 heavy (non-hydrogen) atoms. The average Bonchev–Trinajstić information content (AvgIpc) is 2.40. The molecule has 1 aromatic rings. The molecule has 110 valence electrons. The number of β-amino-alcohol motifs (C(OH)–C–C–N with tert-alkyl or cyclic N) is 1. The number of hydrogen-bond donors (Lipinski definition) is 1. The molecule has 2 atom stereocenters. The monoisotopic (exact) mass is 319 g/mol. The number of amides is 1. The molecule has 1 aliphatic rings. The first-order chi connectivity index (χ1) is 9.43. The van der Waals surface area contributed by atoms with Crippen LogP contribution in [0, 0.1) is 5.82 Å². The third-order valence-corrected chi connectivity index (χ3v) is 4.27. The summed E-state index contributed by atoms with van der Waals surface area (Å²) in [5.41, 5.74) is 1.21. The van der Waals surface area contributed by atoms with E-state index in [1.54, 1.807) is 11.8 Å². The van der Waals surface area contributed by atoms with Crippen molar-refractivity contribution in [2.45, 2.75) is 37.8 Å². The molecule has 0 radical (unpaired) electrons. The van der Waals surface area contributed by atoms with Gasteiger partial charge in [0.1, 0.15) is 5.82 Å². The lowest BCUT2D eigenvalue weighted by Crippen LogP contribution is -2.43. The van der Waals surface area contributed by atoms with E-state index in [1.807, 2.05) is 0 Å². The lowest BCUT2D eigenvalue weighted by Gasteiger charge is -2.36. The first-order valence-corrected chi connectivity index (χ1v) is 7.36. The standard InChI is InChI=1S/C14H16Cl2FNO2/c1-8(18-7-10(19)2-3-14(18)20)11-4-9(17)5-13(16)12(11)6-15/h4-5,8,10,19H,2-3,6-7H2,1H3/t8-,10-/m0/s1. The van der Waals surface area contributed by atoms with Crippen LogP contribution in [0.25, 0.3) is 0 Å². The van der Waals surface area contributed by atoms with Crippen LogP contribution >= 0.6 is 23.2 Å². The third-order valence-electron chi connectivity index (χ3n) is 3.67. The predicted octanol–water partition coefficient (Wildman–Crippen LogP) is 3.26. The molecule has 0 bridgehead atoms. The maximum Gasteiger partial charge on any atom is 0.223 e. The van der Waals surface area contributed by atoms with E-state index in [0.29, 0.717) is 24.0 Å². The number of likely N-dealkylation sites (tertiary alicyclic amines) is 1. The normalized spacial score (nSPS) is 21.1. The zero-order chi connectivity index (χ0) is 14.9. The van der Waals surface area contributed by atoms with Crippen molar-refractivity contribution in [2.24, 2.45) is 0 Å². The molecule has 2 rings (SSSR count). The number of nitrogens with zero attached hydrogens (tertiary/aromatic N) is 1. The highest BCUT2D eigenvalue weighted by molar-refractivity contribution is 6.32. The number of halogens is 3. The maximum absolute atomic E-state index is 13.6. The van der Waals surface area contributed by atoms with Crippen LogP contribution < -0.4 is 0 Å². The topological polar surface area (TPSA) is 40.5 Å². The fourth-order valence-corrected chi connectivity index (χ4v) is 3.18. The zero-order valence-electron chi connectivity index (χ0n) is 11.1. The van der Waals surface area contributed by atoms with Crippen molar-refractivity contribution in [3.63, 3.8) is 0 Å². The van der Waals surface area contributed by atoms with Crippen LogP contribution in [-0.4, -0.2) is 28.6 Å². The molecular formula is C14H16Cl2FNO2. The van der Waals surface area contributed by atoms with Gasteiger partial charge in [0, 0.05) is 23.9 Å². The number of aliphatic hydroxyl groups is 1. The number of alkyl halides is 1. The molecule has 1 aromatic carbocycles. The molecule has 1 amide bonds. The first-order valence-electron chi connectivity index (χ1n) is 6.45. The lowest BCUT2D eigenvalue weighted by molar-refractivity contribution is -0.139. The van der Waals surface area contributed by atoms with E-state index in [-0.39, 0.29) is 29.4 Å². The molecule has 0 aliphatic carbocycles. The molecule has 6 heteroatoms. The zero-order valence-corrected chi connectivity index (χ0v) is 12.6. The van der Waals surface area contributed by atoms with E-state index in [4.69, 9.17) is 23.2 Å². The Balaban J connectivity index is 2.37. The molecule has 1 aliphatic heterocycles. The van der Waals surface area contributed by atoms with E-state index < -0.39 is 11.9 Å². The van der Waals surface area contributed by atoms with Crippen molar-refractivity contribution < 1.29 is 14.3 Å². The highest BCUT2D eigenvalue weighted by atomic mass is 35.5. The Morgan fingerprint density at radius 3 is 2.90 bits per heavy atom. The highest BCUT2D eigenvalue weighted by Crippen LogP contribution is 2.32. The van der Waals surface area contributed by atoms with Gasteiger partial charge in [-0.3, -0.25) is 4.79 Å². The van der Waals surface area contributed by atoms with Crippen LogP contribution in [0.4, 0.5) is 4.39 Å². The van der Waals surface area contributed by atoms with Gasteiger partial charge in [0.25, 0.3) is 0 Å². The van der Waals surface area contributed by atoms with Crippen molar-refractivity contribution in [2.75, 3.05) is 6.54 Å². The molecule has 0 saturated carbocycles. The van der Waals surface area contributed by atoms with Gasteiger partial charge >= 0.3 is 0 Å². The molecule has 1 N–H and O–H groups in total. The van der Waals surface area contributed by atoms with Gasteiger partial charge in [-0.05, 0) is 36.6 Å². The number of benzene rings is 1. The molecule has 1 fully saturated rings. The molecule has 0 aromatic heterocycles. The second-order valence-electron chi connectivity index (χ2n) is 5.00. The van der Waals surface area contributed by atoms with Gasteiger partial charge < -0.3 is 10.0 Å². The van der Waals surface area contributed by atoms with E-state index >= 15 is 0 Å². The van der Waals surface area contributed by atoms with Gasteiger partial charge in [-0.25, -0.2) is 4.39 Å². The second-order valence-corrected chi connectivity index (χ2v) is 5.68. The van der Waals surface area contributed by atoms with Gasteiger partial charge in [-0.1, -0.05) is 11.6 Å². The summed E-state index contributed by atoms with van der Waals surface area (Å²) >= 11 is 11.9. The summed E-state index contributed by atoms with van der Waals surface area (Å²) in [5.74, 6) is -0.372. The minimum atomic E-state index is -0.543. The molecule has 1 saturated heterocycles. The van der Waals surface area contributed by atoms with Crippen molar-refractivity contribution in [1.82, 2.24) is 4.90 Å². The lowest BCUT2D eigenvalue weighted by atomic mass is 9.97. The minimum Gasteiger partial charge on any atom is -0.391 e. The summed E-state index contributed by atoms with van der Waals surface area (Å²) in [6.45, 7) is 2.03. The van der Waals surface area contributed by atoms with Crippen LogP contribution in [0.5, 0.6) is 0 Å². The predicted molar refractivity (Wildman–Crippen MR) is 76.3 cm³/mol. The Kier molecular flexibility index (Phi) is 4.89. The summed E-state index contributed by atoms with van der Waals surface area (Å²) in [5, 5.41) is 9.97. The fraction of sp³-hybridized carbons (Fsp3) is 0.500. The highest BCUT2D eigenvalue weighted by Gasteiger charge is 2.30. The number of hydrogen-bond acceptors (Lipinski definition) is 2. The Labute approximate surface area is 127 Å². The quantitative estimate of drug-likeness (QED) is 0.869. The Morgan fingerprint density at radius 1 is 1.55 bits per heavy atom. The summed E-state index contributed by atoms with van der Waals surface area (Å²) in [4.78, 5) is 13.5. The number of piperidine rings is 1. The maximum atomic E-state index is 13.6. The van der Waals surface area contributed by atoms with E-state index in [9.17, 15) is 14.3 Å². The average molecular weight is 320 g/mol. The van der Waals surface area contributed by atoms with Crippen LogP contribution in [-0.2, 0) is 10.7 Å². The van der Waals surface area contributed by atoms with Crippen molar-refractivity contribution in [1.29, 1.82) is 0 Å². The molecule has 1 heterocycles. The number of rotatable bonds is 3. The van der Waals surface area contributed by atoms with Crippen molar-refractivity contribution >= 4 is 29.1 Å². The van der Waals surface area contributed by atoms with Crippen LogP contribution in [0.2, 0.25) is 5.02 Å². The van der Waals surface area contributed by atoms with Crippen LogP contribution in [0.15, 0.2) is 12.1 Å². The molecule has 0 spiro atoms. The first kappa shape index (κ1) is 15.5. The summed E-state index contributed by atoms with van der Waals surface area (Å²) in [6, 6.07) is 2.18.